The molecule has 1 aliphatic rings. The van der Waals surface area contributed by atoms with Crippen LogP contribution < -0.4 is 10.2 Å². The summed E-state index contributed by atoms with van der Waals surface area (Å²) in [5.74, 6) is -4.05. The third kappa shape index (κ3) is 7.82. The summed E-state index contributed by atoms with van der Waals surface area (Å²) in [6.07, 6.45) is 0.557. The number of nitrogens with zero attached hydrogens (tertiary/aromatic N) is 2. The maximum absolute atomic E-state index is 14.3. The number of aromatic nitrogens is 1. The zero-order valence-electron chi connectivity index (χ0n) is 24.6. The van der Waals surface area contributed by atoms with Crippen LogP contribution in [0.15, 0.2) is 40.9 Å². The average Bonchev–Trinajstić information content (AvgIpc) is 2.88. The van der Waals surface area contributed by atoms with E-state index in [1.54, 1.807) is 56.9 Å². The quantitative estimate of drug-likeness (QED) is 0.255. The second kappa shape index (κ2) is 12.6. The van der Waals surface area contributed by atoms with E-state index in [4.69, 9.17) is 4.74 Å². The number of benzene rings is 2. The van der Waals surface area contributed by atoms with Crippen LogP contribution in [0, 0.1) is 19.7 Å². The van der Waals surface area contributed by atoms with Crippen molar-refractivity contribution in [3.8, 4) is 0 Å². The first-order valence-corrected chi connectivity index (χ1v) is 14.9. The second-order valence-corrected chi connectivity index (χ2v) is 12.9. The Morgan fingerprint density at radius 2 is 1.90 bits per heavy atom. The van der Waals surface area contributed by atoms with Crippen molar-refractivity contribution < 1.29 is 27.5 Å². The molecule has 0 spiro atoms. The number of alkyl halides is 2. The molecule has 4 rings (SSSR count). The van der Waals surface area contributed by atoms with Crippen molar-refractivity contribution in [2.45, 2.75) is 77.7 Å². The minimum absolute atomic E-state index is 0.0885. The number of nitrogens with one attached hydrogen (secondary N) is 1. The Kier molecular flexibility index (Phi) is 9.55. The molecule has 1 aliphatic heterocycles. The first-order valence-electron chi connectivity index (χ1n) is 14.1. The van der Waals surface area contributed by atoms with Crippen molar-refractivity contribution in [1.29, 1.82) is 0 Å². The summed E-state index contributed by atoms with van der Waals surface area (Å²) >= 11 is 3.46. The number of pyridine rings is 1. The van der Waals surface area contributed by atoms with Crippen LogP contribution in [0.25, 0.3) is 10.9 Å². The van der Waals surface area contributed by atoms with E-state index in [-0.39, 0.29) is 31.3 Å². The number of rotatable bonds is 8. The van der Waals surface area contributed by atoms with Crippen molar-refractivity contribution in [3.63, 3.8) is 0 Å². The molecule has 42 heavy (non-hydrogen) atoms. The highest BCUT2D eigenvalue weighted by Crippen LogP contribution is 2.35. The Morgan fingerprint density at radius 1 is 1.17 bits per heavy atom. The Hall–Kier alpha value is -3.14. The Morgan fingerprint density at radius 3 is 2.60 bits per heavy atom. The molecule has 10 heteroatoms. The van der Waals surface area contributed by atoms with Crippen LogP contribution in [-0.2, 0) is 9.53 Å². The van der Waals surface area contributed by atoms with E-state index in [1.807, 2.05) is 6.92 Å². The molecule has 2 aromatic carbocycles. The molecule has 1 saturated heterocycles. The molecule has 6 nitrogen and oxygen atoms in total. The van der Waals surface area contributed by atoms with Gasteiger partial charge >= 0.3 is 5.97 Å². The van der Waals surface area contributed by atoms with E-state index in [2.05, 4.69) is 26.2 Å². The molecule has 0 bridgehead atoms. The number of carbonyl (C=O) groups excluding carboxylic acids is 2. The van der Waals surface area contributed by atoms with E-state index in [0.717, 1.165) is 10.0 Å². The fourth-order valence-electron chi connectivity index (χ4n) is 5.47. The second-order valence-electron chi connectivity index (χ2n) is 12.0. The lowest BCUT2D eigenvalue weighted by molar-refractivity contribution is -0.155. The monoisotopic (exact) mass is 647 g/mol. The number of carbonyl (C=O) groups is 2. The third-order valence-electron chi connectivity index (χ3n) is 7.39. The molecular formula is C32H37BrF3N3O3. The SMILES string of the molecule is Cc1ccc(F)cc1C(CCC(=O)OC(C)(C)C)CNC(=O)c1c(C)c(N2CCCC(F)(F)C2)nc2ccc(Br)cc12. The van der Waals surface area contributed by atoms with E-state index >= 15 is 0 Å². The van der Waals surface area contributed by atoms with Gasteiger partial charge in [0.2, 0.25) is 0 Å². The first-order chi connectivity index (χ1) is 19.6. The number of amides is 1. The smallest absolute Gasteiger partial charge is 0.306 e. The molecule has 3 aromatic rings. The van der Waals surface area contributed by atoms with Gasteiger partial charge in [0.05, 0.1) is 17.6 Å². The van der Waals surface area contributed by atoms with Gasteiger partial charge in [-0.2, -0.15) is 0 Å². The van der Waals surface area contributed by atoms with Gasteiger partial charge in [0, 0.05) is 47.3 Å². The topological polar surface area (TPSA) is 71.5 Å². The van der Waals surface area contributed by atoms with Crippen LogP contribution in [0.2, 0.25) is 0 Å². The Bertz CT molecular complexity index is 1490. The molecule has 1 atom stereocenters. The van der Waals surface area contributed by atoms with E-state index in [1.165, 1.54) is 12.1 Å². The number of esters is 1. The maximum atomic E-state index is 14.3. The highest BCUT2D eigenvalue weighted by atomic mass is 79.9. The van der Waals surface area contributed by atoms with Crippen molar-refractivity contribution in [2.24, 2.45) is 0 Å². The van der Waals surface area contributed by atoms with E-state index in [9.17, 15) is 22.8 Å². The number of hydrogen-bond donors (Lipinski definition) is 1. The third-order valence-corrected chi connectivity index (χ3v) is 7.88. The lowest BCUT2D eigenvalue weighted by Gasteiger charge is -2.34. The van der Waals surface area contributed by atoms with Crippen molar-refractivity contribution in [3.05, 3.63) is 68.9 Å². The van der Waals surface area contributed by atoms with Gasteiger partial charge in [-0.15, -0.1) is 0 Å². The average molecular weight is 649 g/mol. The zero-order valence-corrected chi connectivity index (χ0v) is 26.2. The molecule has 1 N–H and O–H groups in total. The number of hydrogen-bond acceptors (Lipinski definition) is 5. The molecule has 1 fully saturated rings. The van der Waals surface area contributed by atoms with Crippen molar-refractivity contribution in [2.75, 3.05) is 24.5 Å². The summed E-state index contributed by atoms with van der Waals surface area (Å²) in [7, 11) is 0. The largest absolute Gasteiger partial charge is 0.460 e. The van der Waals surface area contributed by atoms with E-state index < -0.39 is 29.8 Å². The summed E-state index contributed by atoms with van der Waals surface area (Å²) in [6, 6.07) is 9.81. The van der Waals surface area contributed by atoms with Gasteiger partial charge in [-0.05, 0) is 88.9 Å². The predicted octanol–water partition coefficient (Wildman–Crippen LogP) is 7.62. The molecule has 1 unspecified atom stereocenters. The van der Waals surface area contributed by atoms with Gasteiger partial charge in [-0.3, -0.25) is 9.59 Å². The molecule has 1 aromatic heterocycles. The van der Waals surface area contributed by atoms with Crippen LogP contribution in [0.1, 0.15) is 79.4 Å². The molecule has 0 saturated carbocycles. The molecule has 1 amide bonds. The summed E-state index contributed by atoms with van der Waals surface area (Å²) in [5, 5.41) is 3.57. The molecule has 0 radical (unpaired) electrons. The van der Waals surface area contributed by atoms with Gasteiger partial charge in [-0.25, -0.2) is 18.2 Å². The van der Waals surface area contributed by atoms with Crippen LogP contribution in [0.4, 0.5) is 19.0 Å². The van der Waals surface area contributed by atoms with Gasteiger partial charge in [0.25, 0.3) is 11.8 Å². The highest BCUT2D eigenvalue weighted by molar-refractivity contribution is 9.10. The first kappa shape index (κ1) is 31.8. The number of anilines is 1. The zero-order chi connectivity index (χ0) is 30.8. The Balaban J connectivity index is 1.66. The van der Waals surface area contributed by atoms with Gasteiger partial charge < -0.3 is 15.0 Å². The van der Waals surface area contributed by atoms with Crippen LogP contribution in [0.3, 0.4) is 0 Å². The fourth-order valence-corrected chi connectivity index (χ4v) is 5.83. The minimum Gasteiger partial charge on any atom is -0.460 e. The van der Waals surface area contributed by atoms with Gasteiger partial charge in [0.1, 0.15) is 17.2 Å². The van der Waals surface area contributed by atoms with Gasteiger partial charge in [-0.1, -0.05) is 22.0 Å². The van der Waals surface area contributed by atoms with Crippen LogP contribution in [-0.4, -0.2) is 48.0 Å². The predicted molar refractivity (Wildman–Crippen MR) is 162 cm³/mol. The lowest BCUT2D eigenvalue weighted by Crippen LogP contribution is -2.43. The summed E-state index contributed by atoms with van der Waals surface area (Å²) < 4.78 is 49.2. The van der Waals surface area contributed by atoms with Gasteiger partial charge in [0.15, 0.2) is 0 Å². The lowest BCUT2D eigenvalue weighted by atomic mass is 9.90. The highest BCUT2D eigenvalue weighted by Gasteiger charge is 2.37. The number of piperidine rings is 1. The number of fused-ring (bicyclic) bond motifs is 1. The molecule has 226 valence electrons. The van der Waals surface area contributed by atoms with Crippen molar-refractivity contribution >= 4 is 44.5 Å². The normalized spacial score (nSPS) is 15.9. The number of ether oxygens (including phenoxy) is 1. The number of halogens is 4. The summed E-state index contributed by atoms with van der Waals surface area (Å²) in [4.78, 5) is 32.6. The van der Waals surface area contributed by atoms with Crippen LogP contribution >= 0.6 is 15.9 Å². The van der Waals surface area contributed by atoms with Crippen molar-refractivity contribution in [1.82, 2.24) is 10.3 Å². The van der Waals surface area contributed by atoms with Crippen LogP contribution in [0.5, 0.6) is 0 Å². The fraction of sp³-hybridized carbons (Fsp3) is 0.469. The summed E-state index contributed by atoms with van der Waals surface area (Å²) in [6.45, 7) is 9.03. The number of aryl methyl sites for hydroxylation is 1. The standard InChI is InChI=1S/C32H37BrF3N3O3/c1-19-7-10-23(34)16-24(19)21(8-12-27(40)42-31(3,4)5)17-37-30(41)28-20(2)29(39-14-6-13-32(35,36)18-39)38-26-11-9-22(33)15-25(26)28/h7,9-11,15-16,21H,6,8,12-14,17-18H2,1-5H3,(H,37,41). The minimum atomic E-state index is -2.84. The summed E-state index contributed by atoms with van der Waals surface area (Å²) in [5.41, 5.74) is 2.24. The van der Waals surface area contributed by atoms with E-state index in [0.29, 0.717) is 52.8 Å². The molecule has 2 heterocycles. The Labute approximate surface area is 253 Å². The maximum Gasteiger partial charge on any atom is 0.306 e. The molecule has 0 aliphatic carbocycles. The molecular weight excluding hydrogens is 611 g/mol.